The lowest BCUT2D eigenvalue weighted by Gasteiger charge is -2.09. The zero-order valence-electron chi connectivity index (χ0n) is 6.08. The van der Waals surface area contributed by atoms with Crippen LogP contribution in [0.25, 0.3) is 0 Å². The zero-order chi connectivity index (χ0) is 8.43. The fraction of sp³-hybridized carbons (Fsp3) is 0.429. The summed E-state index contributed by atoms with van der Waals surface area (Å²) < 4.78 is 12.5. The van der Waals surface area contributed by atoms with E-state index in [0.717, 1.165) is 6.08 Å². The summed E-state index contributed by atoms with van der Waals surface area (Å²) in [5.41, 5.74) is 0.0893. The van der Waals surface area contributed by atoms with E-state index in [1.165, 1.54) is 6.08 Å². The van der Waals surface area contributed by atoms with Gasteiger partial charge in [-0.05, 0) is 6.08 Å². The van der Waals surface area contributed by atoms with Crippen molar-refractivity contribution in [2.24, 2.45) is 5.92 Å². The Morgan fingerprint density at radius 3 is 2.82 bits per heavy atom. The molecule has 1 unspecified atom stereocenters. The largest absolute Gasteiger partial charge is 0.259 e. The average Bonchev–Trinajstić information content (AvgIpc) is 1.85. The Labute approximate surface area is 63.4 Å². The second-order valence-corrected chi connectivity index (χ2v) is 2.57. The third kappa shape index (κ3) is 1.63. The second-order valence-electron chi connectivity index (χ2n) is 2.57. The molecule has 0 fully saturated rings. The Morgan fingerprint density at radius 2 is 2.36 bits per heavy atom. The number of allylic oxidation sites excluding steroid dienone is 4. The lowest BCUT2D eigenvalue weighted by atomic mass is 9.99. The molecule has 4 heteroatoms. The van der Waals surface area contributed by atoms with Crippen molar-refractivity contribution in [2.75, 3.05) is 0 Å². The van der Waals surface area contributed by atoms with E-state index in [4.69, 9.17) is 0 Å². The summed E-state index contributed by atoms with van der Waals surface area (Å²) in [6.45, 7) is 1.64. The summed E-state index contributed by atoms with van der Waals surface area (Å²) >= 11 is 0. The molecule has 0 radical (unpaired) electrons. The molecule has 0 amide bonds. The van der Waals surface area contributed by atoms with Gasteiger partial charge in [0.1, 0.15) is 5.83 Å². The van der Waals surface area contributed by atoms with Crippen LogP contribution in [0, 0.1) is 16.0 Å². The molecular weight excluding hydrogens is 149 g/mol. The van der Waals surface area contributed by atoms with Gasteiger partial charge in [-0.15, -0.1) is 0 Å². The van der Waals surface area contributed by atoms with Gasteiger partial charge in [0.15, 0.2) is 0 Å². The summed E-state index contributed by atoms with van der Waals surface area (Å²) in [5, 5.41) is 10.3. The van der Waals surface area contributed by atoms with Gasteiger partial charge in [-0.1, -0.05) is 6.92 Å². The van der Waals surface area contributed by atoms with Gasteiger partial charge < -0.3 is 0 Å². The van der Waals surface area contributed by atoms with Crippen LogP contribution in [0.5, 0.6) is 0 Å². The van der Waals surface area contributed by atoms with E-state index in [1.54, 1.807) is 6.92 Å². The normalized spacial score (nSPS) is 24.0. The van der Waals surface area contributed by atoms with Crippen molar-refractivity contribution < 1.29 is 9.31 Å². The SMILES string of the molecule is CC1CC(F)=CC=C1[N+](=O)[O-]. The summed E-state index contributed by atoms with van der Waals surface area (Å²) in [6, 6.07) is 0. The fourth-order valence-corrected chi connectivity index (χ4v) is 1.05. The zero-order valence-corrected chi connectivity index (χ0v) is 6.08. The maximum atomic E-state index is 12.5. The van der Waals surface area contributed by atoms with Crippen molar-refractivity contribution in [3.63, 3.8) is 0 Å². The predicted octanol–water partition coefficient (Wildman–Crippen LogP) is 2.04. The highest BCUT2D eigenvalue weighted by Crippen LogP contribution is 2.25. The Kier molecular flexibility index (Phi) is 2.03. The van der Waals surface area contributed by atoms with Crippen molar-refractivity contribution >= 4 is 0 Å². The molecule has 0 saturated heterocycles. The van der Waals surface area contributed by atoms with Gasteiger partial charge in [0.05, 0.1) is 10.8 Å². The smallest absolute Gasteiger partial charge is 0.249 e. The van der Waals surface area contributed by atoms with Crippen LogP contribution >= 0.6 is 0 Å². The first-order valence-corrected chi connectivity index (χ1v) is 3.32. The van der Waals surface area contributed by atoms with Crippen molar-refractivity contribution in [2.45, 2.75) is 13.3 Å². The molecule has 3 nitrogen and oxygen atoms in total. The molecule has 0 saturated carbocycles. The molecule has 0 aromatic rings. The Morgan fingerprint density at radius 1 is 1.73 bits per heavy atom. The molecular formula is C7H8FNO2. The van der Waals surface area contributed by atoms with Crippen molar-refractivity contribution in [1.82, 2.24) is 0 Å². The summed E-state index contributed by atoms with van der Waals surface area (Å²) in [4.78, 5) is 9.79. The molecule has 0 N–H and O–H groups in total. The lowest BCUT2D eigenvalue weighted by molar-refractivity contribution is -0.433. The van der Waals surface area contributed by atoms with Crippen LogP contribution in [0.2, 0.25) is 0 Å². The molecule has 1 aliphatic carbocycles. The topological polar surface area (TPSA) is 43.1 Å². The number of nitro groups is 1. The van der Waals surface area contributed by atoms with Gasteiger partial charge >= 0.3 is 0 Å². The van der Waals surface area contributed by atoms with E-state index in [0.29, 0.717) is 0 Å². The van der Waals surface area contributed by atoms with E-state index in [9.17, 15) is 14.5 Å². The van der Waals surface area contributed by atoms with Crippen LogP contribution < -0.4 is 0 Å². The molecule has 11 heavy (non-hydrogen) atoms. The van der Waals surface area contributed by atoms with Crippen molar-refractivity contribution in [3.8, 4) is 0 Å². The van der Waals surface area contributed by atoms with Gasteiger partial charge in [0.25, 0.3) is 0 Å². The summed E-state index contributed by atoms with van der Waals surface area (Å²) in [6.07, 6.45) is 2.52. The summed E-state index contributed by atoms with van der Waals surface area (Å²) in [5.74, 6) is -0.599. The number of hydrogen-bond acceptors (Lipinski definition) is 2. The molecule has 1 aliphatic rings. The van der Waals surface area contributed by atoms with Crippen molar-refractivity contribution in [3.05, 3.63) is 33.8 Å². The van der Waals surface area contributed by atoms with E-state index < -0.39 is 4.92 Å². The maximum absolute atomic E-state index is 12.5. The van der Waals surface area contributed by atoms with Gasteiger partial charge in [0.2, 0.25) is 5.70 Å². The van der Waals surface area contributed by atoms with E-state index >= 15 is 0 Å². The number of hydrogen-bond donors (Lipinski definition) is 0. The quantitative estimate of drug-likeness (QED) is 0.431. The number of rotatable bonds is 1. The molecule has 0 aromatic carbocycles. The highest BCUT2D eigenvalue weighted by molar-refractivity contribution is 5.18. The minimum atomic E-state index is -0.465. The first-order valence-electron chi connectivity index (χ1n) is 3.32. The maximum Gasteiger partial charge on any atom is 0.249 e. The molecule has 0 spiro atoms. The van der Waals surface area contributed by atoms with Crippen LogP contribution in [0.4, 0.5) is 4.39 Å². The van der Waals surface area contributed by atoms with Gasteiger partial charge in [0, 0.05) is 12.5 Å². The first kappa shape index (κ1) is 7.91. The molecule has 0 aromatic heterocycles. The van der Waals surface area contributed by atoms with Crippen molar-refractivity contribution in [1.29, 1.82) is 0 Å². The monoisotopic (exact) mass is 157 g/mol. The second kappa shape index (κ2) is 2.82. The molecule has 0 aliphatic heterocycles. The number of nitrogens with zero attached hydrogens (tertiary/aromatic N) is 1. The fourth-order valence-electron chi connectivity index (χ4n) is 1.05. The lowest BCUT2D eigenvalue weighted by Crippen LogP contribution is -2.11. The van der Waals surface area contributed by atoms with E-state index in [2.05, 4.69) is 0 Å². The minimum Gasteiger partial charge on any atom is -0.259 e. The van der Waals surface area contributed by atoms with Gasteiger partial charge in [-0.25, -0.2) is 4.39 Å². The minimum absolute atomic E-state index is 0.0893. The first-order chi connectivity index (χ1) is 5.11. The Bertz CT molecular complexity index is 245. The molecule has 0 bridgehead atoms. The van der Waals surface area contributed by atoms with Crippen LogP contribution in [-0.4, -0.2) is 4.92 Å². The summed E-state index contributed by atoms with van der Waals surface area (Å²) in [7, 11) is 0. The van der Waals surface area contributed by atoms with E-state index in [-0.39, 0.29) is 23.9 Å². The highest BCUT2D eigenvalue weighted by atomic mass is 19.1. The Hall–Kier alpha value is -1.19. The van der Waals surface area contributed by atoms with Crippen LogP contribution in [0.15, 0.2) is 23.7 Å². The molecule has 60 valence electrons. The third-order valence-corrected chi connectivity index (χ3v) is 1.65. The van der Waals surface area contributed by atoms with Gasteiger partial charge in [-0.2, -0.15) is 0 Å². The molecule has 1 rings (SSSR count). The molecule has 1 atom stereocenters. The van der Waals surface area contributed by atoms with Crippen LogP contribution in [-0.2, 0) is 0 Å². The Balaban J connectivity index is 2.87. The van der Waals surface area contributed by atoms with Gasteiger partial charge in [-0.3, -0.25) is 10.1 Å². The standard InChI is InChI=1S/C7H8FNO2/c1-5-4-6(8)2-3-7(5)9(10)11/h2-3,5H,4H2,1H3. The van der Waals surface area contributed by atoms with E-state index in [1.807, 2.05) is 0 Å². The van der Waals surface area contributed by atoms with Crippen LogP contribution in [0.1, 0.15) is 13.3 Å². The predicted molar refractivity (Wildman–Crippen MR) is 38.0 cm³/mol. The molecule has 0 heterocycles. The van der Waals surface area contributed by atoms with Crippen LogP contribution in [0.3, 0.4) is 0 Å². The average molecular weight is 157 g/mol. The number of halogens is 1. The highest BCUT2D eigenvalue weighted by Gasteiger charge is 2.23. The third-order valence-electron chi connectivity index (χ3n) is 1.65.